The molecule has 2 amide bonds. The maximum absolute atomic E-state index is 10.3. The number of primary amides is 1. The van der Waals surface area contributed by atoms with E-state index < -0.39 is 6.03 Å². The molecule has 1 atom stereocenters. The van der Waals surface area contributed by atoms with E-state index in [1.54, 1.807) is 14.0 Å². The first-order valence-electron chi connectivity index (χ1n) is 2.68. The lowest BCUT2D eigenvalue weighted by atomic mass is 10.4. The van der Waals surface area contributed by atoms with Crippen LogP contribution >= 0.6 is 11.6 Å². The number of urea groups is 1. The number of nitrogens with two attached hydrogens (primary N) is 1. The van der Waals surface area contributed by atoms with Crippen LogP contribution in [0.25, 0.3) is 0 Å². The Kier molecular flexibility index (Phi) is 3.39. The molecule has 0 aliphatic rings. The summed E-state index contributed by atoms with van der Waals surface area (Å²) in [6.45, 7) is 2.30. The molecule has 0 aromatic heterocycles. The minimum absolute atomic E-state index is 0.0394. The van der Waals surface area contributed by atoms with Crippen molar-refractivity contribution < 1.29 is 4.79 Å². The first-order chi connectivity index (χ1) is 4.04. The van der Waals surface area contributed by atoms with Crippen molar-refractivity contribution in [1.82, 2.24) is 4.90 Å². The average Bonchev–Trinajstić information content (AvgIpc) is 1.63. The monoisotopic (exact) mass is 150 g/mol. The predicted molar refractivity (Wildman–Crippen MR) is 37.5 cm³/mol. The molecule has 54 valence electrons. The summed E-state index contributed by atoms with van der Waals surface area (Å²) >= 11 is 5.57. The van der Waals surface area contributed by atoms with Crippen LogP contribution in [0.2, 0.25) is 0 Å². The van der Waals surface area contributed by atoms with Gasteiger partial charge in [-0.3, -0.25) is 0 Å². The fraction of sp³-hybridized carbons (Fsp3) is 0.800. The zero-order valence-electron chi connectivity index (χ0n) is 5.60. The highest BCUT2D eigenvalue weighted by atomic mass is 35.5. The third-order valence-electron chi connectivity index (χ3n) is 0.902. The van der Waals surface area contributed by atoms with Crippen LogP contribution < -0.4 is 5.73 Å². The molecule has 2 N–H and O–H groups in total. The van der Waals surface area contributed by atoms with Crippen molar-refractivity contribution in [2.45, 2.75) is 12.3 Å². The Balaban J connectivity index is 3.50. The van der Waals surface area contributed by atoms with Crippen molar-refractivity contribution >= 4 is 17.6 Å². The van der Waals surface area contributed by atoms with Crippen LogP contribution in [0.4, 0.5) is 4.79 Å². The molecule has 0 saturated carbocycles. The fourth-order valence-electron chi connectivity index (χ4n) is 0.467. The van der Waals surface area contributed by atoms with E-state index in [9.17, 15) is 4.79 Å². The van der Waals surface area contributed by atoms with E-state index in [-0.39, 0.29) is 5.38 Å². The summed E-state index contributed by atoms with van der Waals surface area (Å²) in [4.78, 5) is 11.7. The maximum Gasteiger partial charge on any atom is 0.314 e. The van der Waals surface area contributed by atoms with E-state index in [0.717, 1.165) is 0 Å². The molecule has 0 aromatic rings. The molecule has 0 heterocycles. The molecule has 0 fully saturated rings. The Morgan fingerprint density at radius 3 is 2.44 bits per heavy atom. The molecular weight excluding hydrogens is 140 g/mol. The Hall–Kier alpha value is -0.440. The summed E-state index contributed by atoms with van der Waals surface area (Å²) in [7, 11) is 1.61. The molecule has 0 aliphatic carbocycles. The number of amides is 2. The van der Waals surface area contributed by atoms with Gasteiger partial charge in [0, 0.05) is 19.0 Å². The summed E-state index contributed by atoms with van der Waals surface area (Å²) in [5, 5.41) is -0.0394. The zero-order chi connectivity index (χ0) is 7.44. The van der Waals surface area contributed by atoms with Crippen LogP contribution in [0.15, 0.2) is 0 Å². The number of alkyl halides is 1. The highest BCUT2D eigenvalue weighted by Crippen LogP contribution is 1.94. The molecule has 1 unspecified atom stereocenters. The van der Waals surface area contributed by atoms with Gasteiger partial charge >= 0.3 is 6.03 Å². The van der Waals surface area contributed by atoms with Gasteiger partial charge in [-0.2, -0.15) is 0 Å². The maximum atomic E-state index is 10.3. The second-order valence-corrected chi connectivity index (χ2v) is 2.74. The number of hydrogen-bond acceptors (Lipinski definition) is 1. The summed E-state index contributed by atoms with van der Waals surface area (Å²) in [5.41, 5.74) is 4.91. The highest BCUT2D eigenvalue weighted by Gasteiger charge is 2.04. The van der Waals surface area contributed by atoms with Gasteiger partial charge in [-0.05, 0) is 6.92 Å². The first kappa shape index (κ1) is 8.56. The minimum Gasteiger partial charge on any atom is -0.351 e. The molecule has 9 heavy (non-hydrogen) atoms. The van der Waals surface area contributed by atoms with Crippen molar-refractivity contribution in [1.29, 1.82) is 0 Å². The Morgan fingerprint density at radius 1 is 1.89 bits per heavy atom. The second kappa shape index (κ2) is 3.56. The molecule has 0 bridgehead atoms. The van der Waals surface area contributed by atoms with E-state index in [4.69, 9.17) is 17.3 Å². The predicted octanol–water partition coefficient (Wildman–Crippen LogP) is 0.624. The topological polar surface area (TPSA) is 46.3 Å². The van der Waals surface area contributed by atoms with Crippen LogP contribution in [0.1, 0.15) is 6.92 Å². The summed E-state index contributed by atoms with van der Waals surface area (Å²) in [5.74, 6) is 0. The number of hydrogen-bond donors (Lipinski definition) is 1. The van der Waals surface area contributed by atoms with E-state index in [1.165, 1.54) is 4.90 Å². The van der Waals surface area contributed by atoms with Crippen molar-refractivity contribution in [3.63, 3.8) is 0 Å². The molecule has 3 nitrogen and oxygen atoms in total. The van der Waals surface area contributed by atoms with Crippen molar-refractivity contribution in [3.8, 4) is 0 Å². The van der Waals surface area contributed by atoms with E-state index in [0.29, 0.717) is 6.54 Å². The van der Waals surface area contributed by atoms with Gasteiger partial charge in [0.25, 0.3) is 0 Å². The zero-order valence-corrected chi connectivity index (χ0v) is 6.35. The lowest BCUT2D eigenvalue weighted by Gasteiger charge is -2.14. The van der Waals surface area contributed by atoms with Crippen LogP contribution in [-0.2, 0) is 0 Å². The fourth-order valence-corrected chi connectivity index (χ4v) is 0.674. The normalized spacial score (nSPS) is 12.8. The number of rotatable bonds is 2. The number of halogens is 1. The molecule has 0 saturated heterocycles. The van der Waals surface area contributed by atoms with Crippen molar-refractivity contribution in [3.05, 3.63) is 0 Å². The Labute approximate surface area is 59.8 Å². The van der Waals surface area contributed by atoms with E-state index in [1.807, 2.05) is 0 Å². The number of carbonyl (C=O) groups is 1. The van der Waals surface area contributed by atoms with Gasteiger partial charge in [0.15, 0.2) is 0 Å². The Morgan fingerprint density at radius 2 is 2.33 bits per heavy atom. The first-order valence-corrected chi connectivity index (χ1v) is 3.12. The quantitative estimate of drug-likeness (QED) is 0.577. The minimum atomic E-state index is -0.442. The summed E-state index contributed by atoms with van der Waals surface area (Å²) in [6, 6.07) is -0.442. The van der Waals surface area contributed by atoms with Gasteiger partial charge in [-0.1, -0.05) is 0 Å². The molecule has 0 rings (SSSR count). The number of nitrogens with zero attached hydrogens (tertiary/aromatic N) is 1. The van der Waals surface area contributed by atoms with Crippen LogP contribution in [-0.4, -0.2) is 29.9 Å². The van der Waals surface area contributed by atoms with E-state index >= 15 is 0 Å². The molecule has 0 aliphatic heterocycles. The molecule has 0 spiro atoms. The van der Waals surface area contributed by atoms with Crippen molar-refractivity contribution in [2.75, 3.05) is 13.6 Å². The summed E-state index contributed by atoms with van der Waals surface area (Å²) < 4.78 is 0. The van der Waals surface area contributed by atoms with Gasteiger partial charge in [0.05, 0.1) is 0 Å². The molecular formula is C5H11ClN2O. The third-order valence-corrected chi connectivity index (χ3v) is 1.04. The number of carbonyl (C=O) groups excluding carboxylic acids is 1. The van der Waals surface area contributed by atoms with Gasteiger partial charge in [0.1, 0.15) is 0 Å². The lowest BCUT2D eigenvalue weighted by molar-refractivity contribution is 0.219. The van der Waals surface area contributed by atoms with Crippen LogP contribution in [0.3, 0.4) is 0 Å². The van der Waals surface area contributed by atoms with Gasteiger partial charge in [0.2, 0.25) is 0 Å². The standard InChI is InChI=1S/C5H11ClN2O/c1-4(6)3-8(2)5(7)9/h4H,3H2,1-2H3,(H2,7,9). The highest BCUT2D eigenvalue weighted by molar-refractivity contribution is 6.20. The molecule has 0 radical (unpaired) electrons. The van der Waals surface area contributed by atoms with Crippen LogP contribution in [0, 0.1) is 0 Å². The molecule has 4 heteroatoms. The summed E-state index contributed by atoms with van der Waals surface area (Å²) in [6.07, 6.45) is 0. The second-order valence-electron chi connectivity index (χ2n) is 2.00. The van der Waals surface area contributed by atoms with E-state index in [2.05, 4.69) is 0 Å². The van der Waals surface area contributed by atoms with Crippen LogP contribution in [0.5, 0.6) is 0 Å². The van der Waals surface area contributed by atoms with Crippen molar-refractivity contribution in [2.24, 2.45) is 5.73 Å². The van der Waals surface area contributed by atoms with Gasteiger partial charge < -0.3 is 10.6 Å². The smallest absolute Gasteiger partial charge is 0.314 e. The SMILES string of the molecule is CC(Cl)CN(C)C(N)=O. The van der Waals surface area contributed by atoms with Gasteiger partial charge in [-0.15, -0.1) is 11.6 Å². The largest absolute Gasteiger partial charge is 0.351 e. The third kappa shape index (κ3) is 4.09. The molecule has 0 aromatic carbocycles. The van der Waals surface area contributed by atoms with Gasteiger partial charge in [-0.25, -0.2) is 4.79 Å². The average molecular weight is 151 g/mol. The Bertz CT molecular complexity index is 105. The lowest BCUT2D eigenvalue weighted by Crippen LogP contribution is -2.35.